The molecule has 2 heterocycles. The van der Waals surface area contributed by atoms with Gasteiger partial charge in [0, 0.05) is 18.0 Å². The van der Waals surface area contributed by atoms with Gasteiger partial charge in [-0.25, -0.2) is 0 Å². The molecule has 0 spiro atoms. The Hall–Kier alpha value is -2.89. The molecule has 0 aliphatic carbocycles. The molecular formula is C16H15N3O3. The fourth-order valence-electron chi connectivity index (χ4n) is 1.93. The number of rotatable bonds is 5. The third-order valence-corrected chi connectivity index (χ3v) is 3.10. The second-order valence-corrected chi connectivity index (χ2v) is 4.63. The molecule has 1 atom stereocenters. The van der Waals surface area contributed by atoms with Crippen LogP contribution in [-0.4, -0.2) is 22.2 Å². The number of hydrogen-bond acceptors (Lipinski definition) is 6. The first-order valence-electron chi connectivity index (χ1n) is 6.81. The highest BCUT2D eigenvalue weighted by molar-refractivity contribution is 5.52. The van der Waals surface area contributed by atoms with E-state index in [0.29, 0.717) is 17.5 Å². The Morgan fingerprint density at radius 2 is 1.68 bits per heavy atom. The highest BCUT2D eigenvalue weighted by atomic mass is 16.5. The van der Waals surface area contributed by atoms with Gasteiger partial charge in [0.05, 0.1) is 7.11 Å². The van der Waals surface area contributed by atoms with Crippen molar-refractivity contribution in [2.45, 2.75) is 13.0 Å². The summed E-state index contributed by atoms with van der Waals surface area (Å²) in [4.78, 5) is 8.32. The summed E-state index contributed by atoms with van der Waals surface area (Å²) in [5, 5.41) is 3.96. The molecule has 0 radical (unpaired) electrons. The number of hydrogen-bond donors (Lipinski definition) is 0. The summed E-state index contributed by atoms with van der Waals surface area (Å²) in [6, 6.07) is 11.0. The lowest BCUT2D eigenvalue weighted by Crippen LogP contribution is -2.03. The number of ether oxygens (including phenoxy) is 2. The Morgan fingerprint density at radius 1 is 1.00 bits per heavy atom. The summed E-state index contributed by atoms with van der Waals surface area (Å²) in [5.74, 6) is 2.42. The zero-order chi connectivity index (χ0) is 15.4. The molecule has 0 aliphatic rings. The van der Waals surface area contributed by atoms with Gasteiger partial charge in [0.2, 0.25) is 5.82 Å². The molecule has 6 nitrogen and oxygen atoms in total. The van der Waals surface area contributed by atoms with Gasteiger partial charge in [-0.05, 0) is 43.3 Å². The quantitative estimate of drug-likeness (QED) is 0.719. The first-order valence-corrected chi connectivity index (χ1v) is 6.81. The fourth-order valence-corrected chi connectivity index (χ4v) is 1.93. The summed E-state index contributed by atoms with van der Waals surface area (Å²) in [6.45, 7) is 1.86. The minimum absolute atomic E-state index is 0.350. The maximum Gasteiger partial charge on any atom is 0.267 e. The van der Waals surface area contributed by atoms with Gasteiger partial charge >= 0.3 is 0 Å². The van der Waals surface area contributed by atoms with Crippen LogP contribution in [0.3, 0.4) is 0 Å². The van der Waals surface area contributed by atoms with Gasteiger partial charge in [0.25, 0.3) is 5.89 Å². The van der Waals surface area contributed by atoms with Gasteiger partial charge < -0.3 is 14.0 Å². The van der Waals surface area contributed by atoms with Crippen LogP contribution in [0, 0.1) is 0 Å². The normalized spacial score (nSPS) is 11.9. The molecule has 0 N–H and O–H groups in total. The minimum atomic E-state index is -0.350. The Kier molecular flexibility index (Phi) is 4.00. The van der Waals surface area contributed by atoms with Crippen molar-refractivity contribution in [3.8, 4) is 22.9 Å². The van der Waals surface area contributed by atoms with Crippen LogP contribution in [0.5, 0.6) is 11.5 Å². The predicted octanol–water partition coefficient (Wildman–Crippen LogP) is 3.28. The fraction of sp³-hybridized carbons (Fsp3) is 0.188. The van der Waals surface area contributed by atoms with Crippen LogP contribution in [0.2, 0.25) is 0 Å². The number of pyridine rings is 1. The van der Waals surface area contributed by atoms with Gasteiger partial charge in [-0.1, -0.05) is 5.16 Å². The first-order chi connectivity index (χ1) is 10.8. The Morgan fingerprint density at radius 3 is 2.36 bits per heavy atom. The lowest BCUT2D eigenvalue weighted by atomic mass is 10.2. The van der Waals surface area contributed by atoms with Crippen LogP contribution in [0.1, 0.15) is 18.9 Å². The molecule has 112 valence electrons. The van der Waals surface area contributed by atoms with Crippen molar-refractivity contribution in [1.82, 2.24) is 15.1 Å². The van der Waals surface area contributed by atoms with E-state index in [1.807, 2.05) is 43.3 Å². The van der Waals surface area contributed by atoms with E-state index in [1.165, 1.54) is 0 Å². The van der Waals surface area contributed by atoms with Crippen molar-refractivity contribution in [2.75, 3.05) is 7.11 Å². The van der Waals surface area contributed by atoms with Gasteiger partial charge in [0.15, 0.2) is 6.10 Å². The van der Waals surface area contributed by atoms with E-state index in [1.54, 1.807) is 19.5 Å². The maximum absolute atomic E-state index is 5.78. The maximum atomic E-state index is 5.78. The second-order valence-electron chi connectivity index (χ2n) is 4.63. The number of methoxy groups -OCH3 is 1. The lowest BCUT2D eigenvalue weighted by Gasteiger charge is -2.10. The molecular weight excluding hydrogens is 282 g/mol. The van der Waals surface area contributed by atoms with Crippen LogP contribution in [0.15, 0.2) is 53.3 Å². The molecule has 0 saturated heterocycles. The van der Waals surface area contributed by atoms with Crippen LogP contribution in [0.25, 0.3) is 11.4 Å². The van der Waals surface area contributed by atoms with E-state index in [9.17, 15) is 0 Å². The largest absolute Gasteiger partial charge is 0.497 e. The van der Waals surface area contributed by atoms with Gasteiger partial charge in [-0.3, -0.25) is 4.98 Å². The van der Waals surface area contributed by atoms with E-state index < -0.39 is 0 Å². The number of nitrogens with zero attached hydrogens (tertiary/aromatic N) is 3. The predicted molar refractivity (Wildman–Crippen MR) is 79.6 cm³/mol. The third-order valence-electron chi connectivity index (χ3n) is 3.10. The topological polar surface area (TPSA) is 70.3 Å². The van der Waals surface area contributed by atoms with Crippen LogP contribution in [0.4, 0.5) is 0 Å². The van der Waals surface area contributed by atoms with E-state index in [2.05, 4.69) is 15.1 Å². The molecule has 22 heavy (non-hydrogen) atoms. The molecule has 0 bridgehead atoms. The molecule has 3 aromatic rings. The van der Waals surface area contributed by atoms with Gasteiger partial charge in [0.1, 0.15) is 11.5 Å². The van der Waals surface area contributed by atoms with E-state index in [0.717, 1.165) is 11.3 Å². The zero-order valence-corrected chi connectivity index (χ0v) is 12.3. The first kappa shape index (κ1) is 14.1. The van der Waals surface area contributed by atoms with Crippen molar-refractivity contribution in [3.63, 3.8) is 0 Å². The molecule has 1 aromatic carbocycles. The average molecular weight is 297 g/mol. The zero-order valence-electron chi connectivity index (χ0n) is 12.3. The summed E-state index contributed by atoms with van der Waals surface area (Å²) in [5.41, 5.74) is 0.849. The Balaban J connectivity index is 1.72. The second kappa shape index (κ2) is 6.26. The van der Waals surface area contributed by atoms with Gasteiger partial charge in [-0.15, -0.1) is 0 Å². The van der Waals surface area contributed by atoms with Crippen molar-refractivity contribution in [2.24, 2.45) is 0 Å². The van der Waals surface area contributed by atoms with Crippen LogP contribution >= 0.6 is 0 Å². The highest BCUT2D eigenvalue weighted by Crippen LogP contribution is 2.24. The molecule has 0 fully saturated rings. The molecule has 3 rings (SSSR count). The summed E-state index contributed by atoms with van der Waals surface area (Å²) < 4.78 is 16.2. The standard InChI is InChI=1S/C16H15N3O3/c1-11(21-14-5-3-13(20-2)4-6-14)16-18-15(19-22-16)12-7-9-17-10-8-12/h3-11H,1-2H3/t11-/m0/s1. The molecule has 2 aromatic heterocycles. The summed E-state index contributed by atoms with van der Waals surface area (Å²) in [7, 11) is 1.62. The minimum Gasteiger partial charge on any atom is -0.497 e. The van der Waals surface area contributed by atoms with E-state index >= 15 is 0 Å². The summed E-state index contributed by atoms with van der Waals surface area (Å²) >= 11 is 0. The molecule has 0 saturated carbocycles. The number of aromatic nitrogens is 3. The lowest BCUT2D eigenvalue weighted by molar-refractivity contribution is 0.175. The summed E-state index contributed by atoms with van der Waals surface area (Å²) in [6.07, 6.45) is 3.02. The monoisotopic (exact) mass is 297 g/mol. The number of benzene rings is 1. The smallest absolute Gasteiger partial charge is 0.267 e. The van der Waals surface area contributed by atoms with E-state index in [-0.39, 0.29) is 6.10 Å². The van der Waals surface area contributed by atoms with Crippen LogP contribution in [-0.2, 0) is 0 Å². The van der Waals surface area contributed by atoms with Gasteiger partial charge in [-0.2, -0.15) is 4.98 Å². The molecule has 0 unspecified atom stereocenters. The van der Waals surface area contributed by atoms with Crippen molar-refractivity contribution in [1.29, 1.82) is 0 Å². The van der Waals surface area contributed by atoms with Crippen molar-refractivity contribution >= 4 is 0 Å². The molecule has 0 amide bonds. The Bertz CT molecular complexity index is 726. The molecule has 6 heteroatoms. The SMILES string of the molecule is COc1ccc(O[C@@H](C)c2nc(-c3ccncc3)no2)cc1. The Labute approximate surface area is 127 Å². The highest BCUT2D eigenvalue weighted by Gasteiger charge is 2.16. The van der Waals surface area contributed by atoms with Crippen molar-refractivity contribution < 1.29 is 14.0 Å². The third kappa shape index (κ3) is 3.06. The van der Waals surface area contributed by atoms with Crippen LogP contribution < -0.4 is 9.47 Å². The average Bonchev–Trinajstić information content (AvgIpc) is 3.06. The molecule has 0 aliphatic heterocycles. The van der Waals surface area contributed by atoms with E-state index in [4.69, 9.17) is 14.0 Å². The van der Waals surface area contributed by atoms with Crippen molar-refractivity contribution in [3.05, 3.63) is 54.7 Å².